The second kappa shape index (κ2) is 7.84. The summed E-state index contributed by atoms with van der Waals surface area (Å²) in [6, 6.07) is 17.4. The molecule has 0 heterocycles. The standard InChI is InChI=1S/C19H25NO/c1-4-20-16(3)13-17-9-11-19(12-10-17)21-14-18-7-5-15(2)6-8-18/h5-12,16,20H,4,13-14H2,1-3H3. The van der Waals surface area contributed by atoms with Crippen LogP contribution in [0.15, 0.2) is 48.5 Å². The van der Waals surface area contributed by atoms with Crippen LogP contribution >= 0.6 is 0 Å². The van der Waals surface area contributed by atoms with Crippen molar-refractivity contribution in [3.05, 3.63) is 65.2 Å². The van der Waals surface area contributed by atoms with Gasteiger partial charge in [0.25, 0.3) is 0 Å². The van der Waals surface area contributed by atoms with Gasteiger partial charge in [0.05, 0.1) is 0 Å². The zero-order valence-electron chi connectivity index (χ0n) is 13.2. The fraction of sp³-hybridized carbons (Fsp3) is 0.368. The van der Waals surface area contributed by atoms with E-state index in [-0.39, 0.29) is 0 Å². The van der Waals surface area contributed by atoms with E-state index in [0.29, 0.717) is 12.6 Å². The van der Waals surface area contributed by atoms with Crippen LogP contribution in [0.25, 0.3) is 0 Å². The zero-order valence-corrected chi connectivity index (χ0v) is 13.2. The van der Waals surface area contributed by atoms with Crippen molar-refractivity contribution in [3.8, 4) is 5.75 Å². The lowest BCUT2D eigenvalue weighted by Crippen LogP contribution is -2.27. The number of likely N-dealkylation sites (N-methyl/N-ethyl adjacent to an activating group) is 1. The third-order valence-corrected chi connectivity index (χ3v) is 3.54. The number of ether oxygens (including phenoxy) is 1. The molecule has 2 aromatic rings. The second-order valence-electron chi connectivity index (χ2n) is 5.58. The van der Waals surface area contributed by atoms with Crippen molar-refractivity contribution in [1.29, 1.82) is 0 Å². The molecule has 0 amide bonds. The van der Waals surface area contributed by atoms with Gasteiger partial charge in [0, 0.05) is 6.04 Å². The largest absolute Gasteiger partial charge is 0.489 e. The Bertz CT molecular complexity index is 530. The first-order chi connectivity index (χ1) is 10.2. The fourth-order valence-corrected chi connectivity index (χ4v) is 2.35. The highest BCUT2D eigenvalue weighted by molar-refractivity contribution is 5.28. The first-order valence-corrected chi connectivity index (χ1v) is 7.68. The maximum atomic E-state index is 5.82. The highest BCUT2D eigenvalue weighted by Gasteiger charge is 2.02. The Hall–Kier alpha value is -1.80. The van der Waals surface area contributed by atoms with Crippen LogP contribution in [0, 0.1) is 6.92 Å². The van der Waals surface area contributed by atoms with Crippen molar-refractivity contribution in [2.45, 2.75) is 39.8 Å². The molecule has 0 aliphatic carbocycles. The molecular weight excluding hydrogens is 258 g/mol. The molecule has 0 saturated heterocycles. The Kier molecular flexibility index (Phi) is 5.82. The summed E-state index contributed by atoms with van der Waals surface area (Å²) < 4.78 is 5.82. The fourth-order valence-electron chi connectivity index (χ4n) is 2.35. The Labute approximate surface area is 128 Å². The lowest BCUT2D eigenvalue weighted by Gasteiger charge is -2.12. The van der Waals surface area contributed by atoms with Gasteiger partial charge in [-0.05, 0) is 50.1 Å². The van der Waals surface area contributed by atoms with E-state index in [1.165, 1.54) is 16.7 Å². The van der Waals surface area contributed by atoms with Gasteiger partial charge in [0.2, 0.25) is 0 Å². The first-order valence-electron chi connectivity index (χ1n) is 7.68. The Morgan fingerprint density at radius 2 is 1.57 bits per heavy atom. The summed E-state index contributed by atoms with van der Waals surface area (Å²) in [7, 11) is 0. The van der Waals surface area contributed by atoms with E-state index >= 15 is 0 Å². The van der Waals surface area contributed by atoms with Crippen molar-refractivity contribution < 1.29 is 4.74 Å². The van der Waals surface area contributed by atoms with E-state index < -0.39 is 0 Å². The summed E-state index contributed by atoms with van der Waals surface area (Å²) in [5, 5.41) is 3.43. The van der Waals surface area contributed by atoms with E-state index in [9.17, 15) is 0 Å². The Morgan fingerprint density at radius 3 is 2.19 bits per heavy atom. The minimum atomic E-state index is 0.509. The van der Waals surface area contributed by atoms with E-state index in [1.807, 2.05) is 0 Å². The van der Waals surface area contributed by atoms with Gasteiger partial charge in [-0.1, -0.05) is 48.9 Å². The smallest absolute Gasteiger partial charge is 0.119 e. The van der Waals surface area contributed by atoms with Gasteiger partial charge in [0.1, 0.15) is 12.4 Å². The van der Waals surface area contributed by atoms with Crippen LogP contribution in [0.4, 0.5) is 0 Å². The van der Waals surface area contributed by atoms with E-state index in [2.05, 4.69) is 74.6 Å². The van der Waals surface area contributed by atoms with Gasteiger partial charge in [-0.2, -0.15) is 0 Å². The molecule has 1 unspecified atom stereocenters. The third kappa shape index (κ3) is 5.24. The lowest BCUT2D eigenvalue weighted by molar-refractivity contribution is 0.306. The summed E-state index contributed by atoms with van der Waals surface area (Å²) in [4.78, 5) is 0. The summed E-state index contributed by atoms with van der Waals surface area (Å²) in [6.45, 7) is 8.08. The third-order valence-electron chi connectivity index (χ3n) is 3.54. The van der Waals surface area contributed by atoms with E-state index in [1.54, 1.807) is 0 Å². The normalized spacial score (nSPS) is 12.1. The number of rotatable bonds is 7. The molecule has 2 rings (SSSR count). The molecular formula is C19H25NO. The minimum absolute atomic E-state index is 0.509. The number of aryl methyl sites for hydroxylation is 1. The number of nitrogens with one attached hydrogen (secondary N) is 1. The lowest BCUT2D eigenvalue weighted by atomic mass is 10.1. The van der Waals surface area contributed by atoms with Crippen molar-refractivity contribution >= 4 is 0 Å². The molecule has 0 spiro atoms. The average Bonchev–Trinajstić information content (AvgIpc) is 2.48. The van der Waals surface area contributed by atoms with Gasteiger partial charge in [-0.15, -0.1) is 0 Å². The van der Waals surface area contributed by atoms with Crippen molar-refractivity contribution in [2.24, 2.45) is 0 Å². The van der Waals surface area contributed by atoms with E-state index in [0.717, 1.165) is 18.7 Å². The van der Waals surface area contributed by atoms with Crippen LogP contribution in [0.5, 0.6) is 5.75 Å². The monoisotopic (exact) mass is 283 g/mol. The quantitative estimate of drug-likeness (QED) is 0.825. The number of benzene rings is 2. The van der Waals surface area contributed by atoms with Crippen LogP contribution in [0.1, 0.15) is 30.5 Å². The highest BCUT2D eigenvalue weighted by Crippen LogP contribution is 2.15. The molecule has 2 nitrogen and oxygen atoms in total. The Balaban J connectivity index is 1.86. The van der Waals surface area contributed by atoms with Crippen molar-refractivity contribution in [2.75, 3.05) is 6.54 Å². The van der Waals surface area contributed by atoms with Gasteiger partial charge < -0.3 is 10.1 Å². The molecule has 2 aromatic carbocycles. The molecule has 1 N–H and O–H groups in total. The van der Waals surface area contributed by atoms with Crippen molar-refractivity contribution in [3.63, 3.8) is 0 Å². The van der Waals surface area contributed by atoms with Gasteiger partial charge in [0.15, 0.2) is 0 Å². The molecule has 0 saturated carbocycles. The van der Waals surface area contributed by atoms with Crippen LogP contribution in [-0.4, -0.2) is 12.6 Å². The van der Waals surface area contributed by atoms with Crippen LogP contribution < -0.4 is 10.1 Å². The highest BCUT2D eigenvalue weighted by atomic mass is 16.5. The maximum absolute atomic E-state index is 5.82. The SMILES string of the molecule is CCNC(C)Cc1ccc(OCc2ccc(C)cc2)cc1. The molecule has 112 valence electrons. The predicted octanol–water partition coefficient (Wildman–Crippen LogP) is 4.11. The summed E-state index contributed by atoms with van der Waals surface area (Å²) >= 11 is 0. The molecule has 0 aliphatic rings. The Morgan fingerprint density at radius 1 is 0.952 bits per heavy atom. The molecule has 2 heteroatoms. The minimum Gasteiger partial charge on any atom is -0.489 e. The molecule has 0 fully saturated rings. The molecule has 0 aliphatic heterocycles. The second-order valence-corrected chi connectivity index (χ2v) is 5.58. The average molecular weight is 283 g/mol. The topological polar surface area (TPSA) is 21.3 Å². The van der Waals surface area contributed by atoms with E-state index in [4.69, 9.17) is 4.74 Å². The van der Waals surface area contributed by atoms with Gasteiger partial charge in [-0.25, -0.2) is 0 Å². The molecule has 0 radical (unpaired) electrons. The number of hydrogen-bond acceptors (Lipinski definition) is 2. The molecule has 1 atom stereocenters. The summed E-state index contributed by atoms with van der Waals surface area (Å²) in [5.74, 6) is 0.926. The van der Waals surface area contributed by atoms with Gasteiger partial charge >= 0.3 is 0 Å². The van der Waals surface area contributed by atoms with Gasteiger partial charge in [-0.3, -0.25) is 0 Å². The number of hydrogen-bond donors (Lipinski definition) is 1. The first kappa shape index (κ1) is 15.6. The molecule has 0 aromatic heterocycles. The van der Waals surface area contributed by atoms with Crippen LogP contribution in [0.3, 0.4) is 0 Å². The zero-order chi connectivity index (χ0) is 15.1. The predicted molar refractivity (Wildman–Crippen MR) is 88.8 cm³/mol. The molecule has 21 heavy (non-hydrogen) atoms. The van der Waals surface area contributed by atoms with Crippen molar-refractivity contribution in [1.82, 2.24) is 5.32 Å². The summed E-state index contributed by atoms with van der Waals surface area (Å²) in [6.07, 6.45) is 1.05. The van der Waals surface area contributed by atoms with Crippen LogP contribution in [-0.2, 0) is 13.0 Å². The maximum Gasteiger partial charge on any atom is 0.119 e. The summed E-state index contributed by atoms with van der Waals surface area (Å²) in [5.41, 5.74) is 3.81. The molecule has 0 bridgehead atoms. The van der Waals surface area contributed by atoms with Crippen LogP contribution in [0.2, 0.25) is 0 Å².